The molecule has 0 saturated carbocycles. The molecule has 0 aliphatic carbocycles. The molecule has 152 valence electrons. The highest BCUT2D eigenvalue weighted by molar-refractivity contribution is 6.31. The minimum atomic E-state index is -2.66. The van der Waals surface area contributed by atoms with Gasteiger partial charge in [-0.1, -0.05) is 17.7 Å². The Labute approximate surface area is 166 Å². The number of carbonyl (C=O) groups is 1. The number of nitrogens with zero attached hydrogens (tertiary/aromatic N) is 4. The van der Waals surface area contributed by atoms with E-state index in [1.807, 2.05) is 0 Å². The molecule has 0 bridgehead atoms. The number of hydrogen-bond acceptors (Lipinski definition) is 3. The van der Waals surface area contributed by atoms with Gasteiger partial charge in [-0.25, -0.2) is 13.2 Å². The Morgan fingerprint density at radius 3 is 2.46 bits per heavy atom. The summed E-state index contributed by atoms with van der Waals surface area (Å²) in [7, 11) is 0. The highest BCUT2D eigenvalue weighted by Gasteiger charge is 2.28. The number of aryl methyl sites for hydroxylation is 1. The summed E-state index contributed by atoms with van der Waals surface area (Å²) in [6.07, 6.45) is -2.66. The van der Waals surface area contributed by atoms with E-state index in [1.54, 1.807) is 24.8 Å². The van der Waals surface area contributed by atoms with E-state index >= 15 is 0 Å². The fraction of sp³-hybridized carbons (Fsp3) is 0.474. The van der Waals surface area contributed by atoms with E-state index in [1.165, 1.54) is 22.9 Å². The van der Waals surface area contributed by atoms with Crippen molar-refractivity contribution in [3.05, 3.63) is 52.1 Å². The molecule has 3 rings (SSSR count). The molecule has 1 unspecified atom stereocenters. The van der Waals surface area contributed by atoms with Crippen molar-refractivity contribution < 1.29 is 18.0 Å². The van der Waals surface area contributed by atoms with Crippen LogP contribution in [0.1, 0.15) is 36.3 Å². The van der Waals surface area contributed by atoms with E-state index in [9.17, 15) is 18.0 Å². The van der Waals surface area contributed by atoms with Crippen LogP contribution in [0, 0.1) is 12.7 Å². The minimum Gasteiger partial charge on any atom is -0.338 e. The molecule has 1 aromatic heterocycles. The summed E-state index contributed by atoms with van der Waals surface area (Å²) < 4.78 is 40.2. The third kappa shape index (κ3) is 4.50. The van der Waals surface area contributed by atoms with Gasteiger partial charge in [-0.3, -0.25) is 14.4 Å². The van der Waals surface area contributed by atoms with E-state index in [0.717, 1.165) is 5.56 Å². The Balaban J connectivity index is 1.59. The van der Waals surface area contributed by atoms with Crippen LogP contribution in [0.2, 0.25) is 5.02 Å². The van der Waals surface area contributed by atoms with E-state index < -0.39 is 12.5 Å². The van der Waals surface area contributed by atoms with Crippen LogP contribution in [0.15, 0.2) is 24.3 Å². The maximum Gasteiger partial charge on any atom is 0.282 e. The first-order valence-corrected chi connectivity index (χ1v) is 9.43. The molecule has 28 heavy (non-hydrogen) atoms. The molecular weight excluding hydrogens is 393 g/mol. The SMILES string of the molecule is Cc1cc(C(F)F)nn1C(C)C(=O)N1CCN(Cc2ccc(F)cc2Cl)CC1. The fourth-order valence-corrected chi connectivity index (χ4v) is 3.62. The lowest BCUT2D eigenvalue weighted by Gasteiger charge is -2.36. The van der Waals surface area contributed by atoms with Gasteiger partial charge < -0.3 is 4.90 Å². The first-order chi connectivity index (χ1) is 13.3. The van der Waals surface area contributed by atoms with Gasteiger partial charge in [-0.05, 0) is 37.6 Å². The molecule has 1 aliphatic heterocycles. The predicted molar refractivity (Wildman–Crippen MR) is 99.9 cm³/mol. The summed E-state index contributed by atoms with van der Waals surface area (Å²) in [6.45, 7) is 6.23. The van der Waals surface area contributed by atoms with Gasteiger partial charge in [0, 0.05) is 43.4 Å². The van der Waals surface area contributed by atoms with Gasteiger partial charge in [0.1, 0.15) is 17.6 Å². The predicted octanol–water partition coefficient (Wildman–Crippen LogP) is 3.83. The van der Waals surface area contributed by atoms with Crippen molar-refractivity contribution in [1.29, 1.82) is 0 Å². The zero-order chi connectivity index (χ0) is 20.4. The Kier molecular flexibility index (Phi) is 6.30. The highest BCUT2D eigenvalue weighted by atomic mass is 35.5. The standard InChI is InChI=1S/C19H22ClF3N4O/c1-12-9-17(18(22)23)24-27(12)13(2)19(28)26-7-5-25(6-8-26)11-14-3-4-15(21)10-16(14)20/h3-4,9-10,13,18H,5-8,11H2,1-2H3. The number of piperazine rings is 1. The maximum absolute atomic E-state index is 13.2. The van der Waals surface area contributed by atoms with Gasteiger partial charge in [-0.2, -0.15) is 5.10 Å². The van der Waals surface area contributed by atoms with Gasteiger partial charge >= 0.3 is 0 Å². The van der Waals surface area contributed by atoms with Crippen LogP contribution in [-0.2, 0) is 11.3 Å². The van der Waals surface area contributed by atoms with Crippen LogP contribution < -0.4 is 0 Å². The third-order valence-corrected chi connectivity index (χ3v) is 5.33. The third-order valence-electron chi connectivity index (χ3n) is 4.98. The van der Waals surface area contributed by atoms with E-state index in [-0.39, 0.29) is 17.4 Å². The molecule has 0 spiro atoms. The molecule has 1 aromatic carbocycles. The van der Waals surface area contributed by atoms with E-state index in [0.29, 0.717) is 43.4 Å². The van der Waals surface area contributed by atoms with E-state index in [2.05, 4.69) is 10.00 Å². The van der Waals surface area contributed by atoms with Crippen LogP contribution in [0.3, 0.4) is 0 Å². The number of carbonyl (C=O) groups excluding carboxylic acids is 1. The van der Waals surface area contributed by atoms with Crippen LogP contribution in [0.25, 0.3) is 0 Å². The molecule has 2 heterocycles. The number of aromatic nitrogens is 2. The second-order valence-electron chi connectivity index (χ2n) is 6.97. The van der Waals surface area contributed by atoms with Crippen LogP contribution in [-0.4, -0.2) is 51.7 Å². The quantitative estimate of drug-likeness (QED) is 0.746. The smallest absolute Gasteiger partial charge is 0.282 e. The summed E-state index contributed by atoms with van der Waals surface area (Å²) in [5.74, 6) is -0.520. The van der Waals surface area contributed by atoms with Crippen LogP contribution in [0.4, 0.5) is 13.2 Å². The Bertz CT molecular complexity index is 850. The second kappa shape index (κ2) is 8.53. The van der Waals surface area contributed by atoms with Gasteiger partial charge in [0.05, 0.1) is 0 Å². The Morgan fingerprint density at radius 1 is 1.21 bits per heavy atom. The molecule has 0 radical (unpaired) electrons. The molecule has 1 amide bonds. The Morgan fingerprint density at radius 2 is 1.89 bits per heavy atom. The first-order valence-electron chi connectivity index (χ1n) is 9.05. The van der Waals surface area contributed by atoms with Crippen molar-refractivity contribution in [2.45, 2.75) is 32.9 Å². The topological polar surface area (TPSA) is 41.4 Å². The van der Waals surface area contributed by atoms with Crippen LogP contribution >= 0.6 is 11.6 Å². The number of alkyl halides is 2. The highest BCUT2D eigenvalue weighted by Crippen LogP contribution is 2.23. The van der Waals surface area contributed by atoms with Gasteiger partial charge in [0.25, 0.3) is 6.43 Å². The van der Waals surface area contributed by atoms with Crippen molar-refractivity contribution in [1.82, 2.24) is 19.6 Å². The van der Waals surface area contributed by atoms with Crippen LogP contribution in [0.5, 0.6) is 0 Å². The molecule has 0 N–H and O–H groups in total. The number of benzene rings is 1. The summed E-state index contributed by atoms with van der Waals surface area (Å²) in [4.78, 5) is 16.6. The summed E-state index contributed by atoms with van der Waals surface area (Å²) in [5.41, 5.74) is 1.04. The molecular formula is C19H22ClF3N4O. The zero-order valence-corrected chi connectivity index (χ0v) is 16.5. The molecule has 2 aromatic rings. The van der Waals surface area contributed by atoms with Gasteiger partial charge in [-0.15, -0.1) is 0 Å². The van der Waals surface area contributed by atoms with E-state index in [4.69, 9.17) is 11.6 Å². The lowest BCUT2D eigenvalue weighted by molar-refractivity contribution is -0.136. The van der Waals surface area contributed by atoms with Crippen molar-refractivity contribution in [2.24, 2.45) is 0 Å². The van der Waals surface area contributed by atoms with Crippen molar-refractivity contribution in [2.75, 3.05) is 26.2 Å². The summed E-state index contributed by atoms with van der Waals surface area (Å²) >= 11 is 6.08. The molecule has 9 heteroatoms. The average molecular weight is 415 g/mol. The molecule has 5 nitrogen and oxygen atoms in total. The maximum atomic E-state index is 13.2. The zero-order valence-electron chi connectivity index (χ0n) is 15.7. The Hall–Kier alpha value is -2.06. The largest absolute Gasteiger partial charge is 0.338 e. The summed E-state index contributed by atoms with van der Waals surface area (Å²) in [6, 6.07) is 4.99. The minimum absolute atomic E-state index is 0.147. The monoisotopic (exact) mass is 414 g/mol. The normalized spacial score (nSPS) is 16.6. The summed E-state index contributed by atoms with van der Waals surface area (Å²) in [5, 5.41) is 4.26. The number of amides is 1. The molecule has 1 saturated heterocycles. The van der Waals surface area contributed by atoms with Crippen molar-refractivity contribution in [3.8, 4) is 0 Å². The average Bonchev–Trinajstić information content (AvgIpc) is 3.05. The lowest BCUT2D eigenvalue weighted by Crippen LogP contribution is -2.50. The van der Waals surface area contributed by atoms with Crippen molar-refractivity contribution >= 4 is 17.5 Å². The molecule has 1 atom stereocenters. The van der Waals surface area contributed by atoms with Crippen molar-refractivity contribution in [3.63, 3.8) is 0 Å². The first kappa shape index (κ1) is 20.7. The molecule has 1 fully saturated rings. The number of hydrogen-bond donors (Lipinski definition) is 0. The fourth-order valence-electron chi connectivity index (χ4n) is 3.40. The molecule has 1 aliphatic rings. The van der Waals surface area contributed by atoms with Gasteiger partial charge in [0.15, 0.2) is 0 Å². The number of rotatable bonds is 5. The lowest BCUT2D eigenvalue weighted by atomic mass is 10.2. The second-order valence-corrected chi connectivity index (χ2v) is 7.38. The van der Waals surface area contributed by atoms with Gasteiger partial charge in [0.2, 0.25) is 5.91 Å². The number of halogens is 4.